The van der Waals surface area contributed by atoms with Gasteiger partial charge < -0.3 is 10.4 Å². The Kier molecular flexibility index (Phi) is 6.61. The molecular formula is C15H32N2O. The molecule has 0 amide bonds. The van der Waals surface area contributed by atoms with Crippen molar-refractivity contribution in [2.24, 2.45) is 0 Å². The Bertz CT molecular complexity index is 210. The molecule has 1 saturated heterocycles. The molecule has 1 rings (SSSR count). The normalized spacial score (nSPS) is 29.2. The van der Waals surface area contributed by atoms with Crippen LogP contribution in [0.3, 0.4) is 0 Å². The highest BCUT2D eigenvalue weighted by Crippen LogP contribution is 2.24. The third-order valence-electron chi connectivity index (χ3n) is 4.96. The van der Waals surface area contributed by atoms with Gasteiger partial charge in [0.05, 0.1) is 6.61 Å². The predicted octanol–water partition coefficient (Wildman–Crippen LogP) is 2.39. The van der Waals surface area contributed by atoms with Gasteiger partial charge in [-0.05, 0) is 59.5 Å². The maximum absolute atomic E-state index is 9.54. The highest BCUT2D eigenvalue weighted by Gasteiger charge is 2.27. The zero-order chi connectivity index (χ0) is 13.6. The summed E-state index contributed by atoms with van der Waals surface area (Å²) in [5, 5.41) is 12.8. The molecule has 1 fully saturated rings. The molecule has 1 aliphatic rings. The Balaban J connectivity index is 2.39. The van der Waals surface area contributed by atoms with Crippen LogP contribution in [0.5, 0.6) is 0 Å². The third-order valence-corrected chi connectivity index (χ3v) is 4.96. The zero-order valence-electron chi connectivity index (χ0n) is 12.7. The lowest BCUT2D eigenvalue weighted by molar-refractivity contribution is 0.0908. The first kappa shape index (κ1) is 15.9. The van der Waals surface area contributed by atoms with E-state index in [0.29, 0.717) is 0 Å². The van der Waals surface area contributed by atoms with Gasteiger partial charge in [-0.25, -0.2) is 0 Å². The smallest absolute Gasteiger partial charge is 0.0613 e. The maximum Gasteiger partial charge on any atom is 0.0613 e. The minimum absolute atomic E-state index is 0.0672. The van der Waals surface area contributed by atoms with Crippen LogP contribution in [0, 0.1) is 0 Å². The number of rotatable bonds is 7. The van der Waals surface area contributed by atoms with Gasteiger partial charge in [0.2, 0.25) is 0 Å². The van der Waals surface area contributed by atoms with E-state index in [1.54, 1.807) is 0 Å². The highest BCUT2D eigenvalue weighted by molar-refractivity contribution is 4.86. The molecule has 3 unspecified atom stereocenters. The zero-order valence-corrected chi connectivity index (χ0v) is 12.7. The molecule has 0 aromatic rings. The van der Waals surface area contributed by atoms with E-state index < -0.39 is 0 Å². The van der Waals surface area contributed by atoms with E-state index >= 15 is 0 Å². The average Bonchev–Trinajstić information content (AvgIpc) is 2.38. The van der Waals surface area contributed by atoms with Crippen LogP contribution in [0.15, 0.2) is 0 Å². The molecule has 0 aliphatic carbocycles. The molecule has 0 spiro atoms. The van der Waals surface area contributed by atoms with Gasteiger partial charge in [0.25, 0.3) is 0 Å². The fraction of sp³-hybridized carbons (Fsp3) is 1.00. The Labute approximate surface area is 113 Å². The second kappa shape index (κ2) is 7.46. The summed E-state index contributed by atoms with van der Waals surface area (Å²) >= 11 is 0. The van der Waals surface area contributed by atoms with Crippen molar-refractivity contribution in [1.82, 2.24) is 10.2 Å². The fourth-order valence-corrected chi connectivity index (χ4v) is 3.26. The first-order valence-electron chi connectivity index (χ1n) is 7.64. The van der Waals surface area contributed by atoms with Crippen LogP contribution >= 0.6 is 0 Å². The van der Waals surface area contributed by atoms with Crippen molar-refractivity contribution < 1.29 is 5.11 Å². The summed E-state index contributed by atoms with van der Waals surface area (Å²) in [4.78, 5) is 2.65. The van der Waals surface area contributed by atoms with Gasteiger partial charge in [0.1, 0.15) is 0 Å². The fourth-order valence-electron chi connectivity index (χ4n) is 3.26. The summed E-state index contributed by atoms with van der Waals surface area (Å²) in [5.74, 6) is 0. The molecule has 18 heavy (non-hydrogen) atoms. The van der Waals surface area contributed by atoms with Crippen LogP contribution in [-0.2, 0) is 0 Å². The molecule has 0 saturated carbocycles. The number of aliphatic hydroxyl groups is 1. The minimum Gasteiger partial charge on any atom is -0.394 e. The molecule has 0 aromatic heterocycles. The second-order valence-corrected chi connectivity index (χ2v) is 6.01. The van der Waals surface area contributed by atoms with Crippen molar-refractivity contribution in [3.05, 3.63) is 0 Å². The van der Waals surface area contributed by atoms with E-state index in [1.807, 2.05) is 7.05 Å². The molecule has 0 radical (unpaired) electrons. The molecule has 108 valence electrons. The van der Waals surface area contributed by atoms with Crippen molar-refractivity contribution in [2.45, 2.75) is 76.9 Å². The van der Waals surface area contributed by atoms with Crippen molar-refractivity contribution in [1.29, 1.82) is 0 Å². The lowest BCUT2D eigenvalue weighted by Gasteiger charge is -2.40. The summed E-state index contributed by atoms with van der Waals surface area (Å²) < 4.78 is 0. The van der Waals surface area contributed by atoms with Gasteiger partial charge in [-0.15, -0.1) is 0 Å². The number of piperidine rings is 1. The van der Waals surface area contributed by atoms with Gasteiger partial charge in [0.15, 0.2) is 0 Å². The first-order chi connectivity index (χ1) is 8.58. The van der Waals surface area contributed by atoms with E-state index in [9.17, 15) is 5.11 Å². The maximum atomic E-state index is 9.54. The summed E-state index contributed by atoms with van der Waals surface area (Å²) in [6, 6.07) is 1.46. The van der Waals surface area contributed by atoms with E-state index in [-0.39, 0.29) is 12.1 Å². The average molecular weight is 256 g/mol. The van der Waals surface area contributed by atoms with Gasteiger partial charge in [-0.1, -0.05) is 13.3 Å². The SMILES string of the molecule is CCC(CO)(CCCN1C(C)CCCC1C)NC. The van der Waals surface area contributed by atoms with E-state index in [0.717, 1.165) is 24.9 Å². The van der Waals surface area contributed by atoms with Crippen LogP contribution in [-0.4, -0.2) is 47.8 Å². The quantitative estimate of drug-likeness (QED) is 0.734. The number of hydrogen-bond donors (Lipinski definition) is 2. The minimum atomic E-state index is -0.0672. The van der Waals surface area contributed by atoms with Crippen molar-refractivity contribution in [3.8, 4) is 0 Å². The molecular weight excluding hydrogens is 224 g/mol. The van der Waals surface area contributed by atoms with Crippen LogP contribution < -0.4 is 5.32 Å². The van der Waals surface area contributed by atoms with E-state index in [4.69, 9.17) is 0 Å². The lowest BCUT2D eigenvalue weighted by Crippen LogP contribution is -2.48. The van der Waals surface area contributed by atoms with Crippen LogP contribution in [0.2, 0.25) is 0 Å². The van der Waals surface area contributed by atoms with Gasteiger partial charge in [0, 0.05) is 17.6 Å². The first-order valence-corrected chi connectivity index (χ1v) is 7.64. The largest absolute Gasteiger partial charge is 0.394 e. The Morgan fingerprint density at radius 1 is 1.28 bits per heavy atom. The summed E-state index contributed by atoms with van der Waals surface area (Å²) in [6.45, 7) is 8.27. The summed E-state index contributed by atoms with van der Waals surface area (Å²) in [6.07, 6.45) is 7.29. The predicted molar refractivity (Wildman–Crippen MR) is 77.9 cm³/mol. The molecule has 3 heteroatoms. The number of hydrogen-bond acceptors (Lipinski definition) is 3. The topological polar surface area (TPSA) is 35.5 Å². The number of likely N-dealkylation sites (N-methyl/N-ethyl adjacent to an activating group) is 1. The molecule has 1 heterocycles. The summed E-state index contributed by atoms with van der Waals surface area (Å²) in [7, 11) is 1.96. The summed E-state index contributed by atoms with van der Waals surface area (Å²) in [5.41, 5.74) is -0.0672. The van der Waals surface area contributed by atoms with Crippen LogP contribution in [0.4, 0.5) is 0 Å². The van der Waals surface area contributed by atoms with Crippen LogP contribution in [0.25, 0.3) is 0 Å². The highest BCUT2D eigenvalue weighted by atomic mass is 16.3. The second-order valence-electron chi connectivity index (χ2n) is 6.01. The molecule has 3 atom stereocenters. The number of nitrogens with one attached hydrogen (secondary N) is 1. The molecule has 1 aliphatic heterocycles. The Morgan fingerprint density at radius 2 is 1.89 bits per heavy atom. The van der Waals surface area contributed by atoms with Crippen molar-refractivity contribution >= 4 is 0 Å². The van der Waals surface area contributed by atoms with E-state index in [2.05, 4.69) is 31.0 Å². The molecule has 0 aromatic carbocycles. The molecule has 3 nitrogen and oxygen atoms in total. The molecule has 0 bridgehead atoms. The van der Waals surface area contributed by atoms with Crippen LogP contribution in [0.1, 0.15) is 59.3 Å². The number of likely N-dealkylation sites (tertiary alicyclic amines) is 1. The van der Waals surface area contributed by atoms with Gasteiger partial charge >= 0.3 is 0 Å². The number of nitrogens with zero attached hydrogens (tertiary/aromatic N) is 1. The third kappa shape index (κ3) is 3.94. The van der Waals surface area contributed by atoms with Crippen molar-refractivity contribution in [2.75, 3.05) is 20.2 Å². The van der Waals surface area contributed by atoms with Crippen molar-refractivity contribution in [3.63, 3.8) is 0 Å². The number of aliphatic hydroxyl groups excluding tert-OH is 1. The van der Waals surface area contributed by atoms with Gasteiger partial charge in [-0.2, -0.15) is 0 Å². The lowest BCUT2D eigenvalue weighted by atomic mass is 9.90. The standard InChI is InChI=1S/C15H32N2O/c1-5-15(12-18,16-4)10-7-11-17-13(2)8-6-9-14(17)3/h13-14,16,18H,5-12H2,1-4H3. The Morgan fingerprint density at radius 3 is 2.33 bits per heavy atom. The van der Waals surface area contributed by atoms with E-state index in [1.165, 1.54) is 32.2 Å². The van der Waals surface area contributed by atoms with Gasteiger partial charge in [-0.3, -0.25) is 4.90 Å². The monoisotopic (exact) mass is 256 g/mol. The molecule has 2 N–H and O–H groups in total. The Hall–Kier alpha value is -0.120.